The van der Waals surface area contributed by atoms with Crippen molar-refractivity contribution in [1.29, 1.82) is 5.26 Å². The molecule has 1 aliphatic heterocycles. The van der Waals surface area contributed by atoms with Crippen molar-refractivity contribution < 1.29 is 20.1 Å². The molecule has 0 saturated carbocycles. The van der Waals surface area contributed by atoms with E-state index in [2.05, 4.69) is 0 Å². The Morgan fingerprint density at radius 1 is 1.55 bits per heavy atom. The molecule has 9 nitrogen and oxygen atoms in total. The highest BCUT2D eigenvalue weighted by molar-refractivity contribution is 5.14. The summed E-state index contributed by atoms with van der Waals surface area (Å²) in [6, 6.07) is 1.62. The second-order valence-electron chi connectivity index (χ2n) is 4.52. The van der Waals surface area contributed by atoms with Crippen LogP contribution in [0.15, 0.2) is 15.8 Å². The van der Waals surface area contributed by atoms with Crippen LogP contribution in [-0.4, -0.2) is 49.8 Å². The lowest BCUT2D eigenvalue weighted by Crippen LogP contribution is -2.51. The van der Waals surface area contributed by atoms with Crippen molar-refractivity contribution in [2.45, 2.75) is 31.0 Å². The molecule has 2 heterocycles. The van der Waals surface area contributed by atoms with Gasteiger partial charge in [-0.1, -0.05) is 0 Å². The van der Waals surface area contributed by atoms with E-state index in [1.807, 2.05) is 4.98 Å². The van der Waals surface area contributed by atoms with Gasteiger partial charge in [0.15, 0.2) is 0 Å². The summed E-state index contributed by atoms with van der Waals surface area (Å²) < 4.78 is 5.87. The molecule has 4 N–H and O–H groups in total. The average Bonchev–Trinajstić information content (AvgIpc) is 2.68. The fraction of sp³-hybridized carbons (Fsp3) is 0.545. The van der Waals surface area contributed by atoms with E-state index < -0.39 is 41.9 Å². The number of aliphatic hydroxyl groups excluding tert-OH is 3. The van der Waals surface area contributed by atoms with Crippen molar-refractivity contribution >= 4 is 0 Å². The van der Waals surface area contributed by atoms with Gasteiger partial charge in [-0.2, -0.15) is 5.26 Å². The van der Waals surface area contributed by atoms with Gasteiger partial charge >= 0.3 is 5.69 Å². The van der Waals surface area contributed by atoms with E-state index in [9.17, 15) is 25.1 Å². The number of nitrogens with one attached hydrogen (secondary N) is 1. The van der Waals surface area contributed by atoms with Gasteiger partial charge in [-0.05, 0) is 6.92 Å². The van der Waals surface area contributed by atoms with E-state index in [1.165, 1.54) is 6.92 Å². The molecule has 0 radical (unpaired) electrons. The number of H-pyrrole nitrogens is 1. The van der Waals surface area contributed by atoms with E-state index in [1.54, 1.807) is 6.07 Å². The van der Waals surface area contributed by atoms with Crippen LogP contribution in [-0.2, 0) is 10.5 Å². The Hall–Kier alpha value is -1.99. The maximum atomic E-state index is 11.8. The summed E-state index contributed by atoms with van der Waals surface area (Å²) in [5.41, 5.74) is -3.69. The topological polar surface area (TPSA) is 149 Å². The molecule has 0 amide bonds. The van der Waals surface area contributed by atoms with Gasteiger partial charge in [0, 0.05) is 11.8 Å². The minimum atomic E-state index is -2.21. The lowest BCUT2D eigenvalue weighted by molar-refractivity contribution is -0.109. The molecular formula is C11H13N3O6. The monoisotopic (exact) mass is 283 g/mol. The molecule has 20 heavy (non-hydrogen) atoms. The fourth-order valence-electron chi connectivity index (χ4n) is 2.11. The third kappa shape index (κ3) is 1.86. The molecule has 1 aromatic heterocycles. The number of aliphatic hydroxyl groups is 3. The summed E-state index contributed by atoms with van der Waals surface area (Å²) in [4.78, 5) is 25.1. The standard InChI is InChI=1S/C11H13N3O6/c1-5-2-14(10(19)13-9(5)18)11(4-12)8(17)7(16)6(3-15)20-11/h2,6-8,15-17H,3H2,1H3,(H,13,18,19)/t6-,7-,8-,11?/m0/s1. The summed E-state index contributed by atoms with van der Waals surface area (Å²) in [5, 5.41) is 38.0. The highest BCUT2D eigenvalue weighted by Gasteiger charge is 2.56. The molecule has 2 rings (SSSR count). The summed E-state index contributed by atoms with van der Waals surface area (Å²) in [7, 11) is 0. The number of hydrogen-bond donors (Lipinski definition) is 4. The second-order valence-corrected chi connectivity index (χ2v) is 4.52. The van der Waals surface area contributed by atoms with E-state index in [0.29, 0.717) is 4.57 Å². The van der Waals surface area contributed by atoms with Gasteiger partial charge < -0.3 is 20.1 Å². The number of nitrogens with zero attached hydrogens (tertiary/aromatic N) is 2. The predicted molar refractivity (Wildman–Crippen MR) is 63.6 cm³/mol. The lowest BCUT2D eigenvalue weighted by Gasteiger charge is -2.26. The Labute approximate surface area is 112 Å². The highest BCUT2D eigenvalue weighted by Crippen LogP contribution is 2.34. The summed E-state index contributed by atoms with van der Waals surface area (Å²) in [5.74, 6) is 0. The number of aromatic nitrogens is 2. The molecule has 0 aromatic carbocycles. The van der Waals surface area contributed by atoms with Crippen molar-refractivity contribution in [1.82, 2.24) is 9.55 Å². The second kappa shape index (κ2) is 4.84. The number of aryl methyl sites for hydroxylation is 1. The summed E-state index contributed by atoms with van der Waals surface area (Å²) in [6.07, 6.45) is -3.46. The van der Waals surface area contributed by atoms with Crippen molar-refractivity contribution in [2.75, 3.05) is 6.61 Å². The van der Waals surface area contributed by atoms with Gasteiger partial charge in [-0.25, -0.2) is 4.79 Å². The summed E-state index contributed by atoms with van der Waals surface area (Å²) >= 11 is 0. The highest BCUT2D eigenvalue weighted by atomic mass is 16.6. The Morgan fingerprint density at radius 3 is 2.70 bits per heavy atom. The first-order chi connectivity index (χ1) is 9.37. The van der Waals surface area contributed by atoms with E-state index in [0.717, 1.165) is 6.20 Å². The van der Waals surface area contributed by atoms with Gasteiger partial charge in [-0.15, -0.1) is 0 Å². The van der Waals surface area contributed by atoms with Crippen molar-refractivity contribution in [3.8, 4) is 6.07 Å². The maximum Gasteiger partial charge on any atom is 0.331 e. The first-order valence-electron chi connectivity index (χ1n) is 5.76. The van der Waals surface area contributed by atoms with E-state index >= 15 is 0 Å². The van der Waals surface area contributed by atoms with Crippen molar-refractivity contribution in [2.24, 2.45) is 0 Å². The number of aromatic amines is 1. The number of nitriles is 1. The molecule has 4 atom stereocenters. The molecule has 1 fully saturated rings. The average molecular weight is 283 g/mol. The third-order valence-corrected chi connectivity index (χ3v) is 3.25. The molecule has 9 heteroatoms. The van der Waals surface area contributed by atoms with Crippen LogP contribution in [0.25, 0.3) is 0 Å². The molecule has 0 aliphatic carbocycles. The fourth-order valence-corrected chi connectivity index (χ4v) is 2.11. The third-order valence-electron chi connectivity index (χ3n) is 3.25. The van der Waals surface area contributed by atoms with Gasteiger partial charge in [0.05, 0.1) is 6.61 Å². The Morgan fingerprint density at radius 2 is 2.20 bits per heavy atom. The van der Waals surface area contributed by atoms with Gasteiger partial charge in [0.25, 0.3) is 11.3 Å². The van der Waals surface area contributed by atoms with Crippen LogP contribution in [0.2, 0.25) is 0 Å². The van der Waals surface area contributed by atoms with Crippen LogP contribution in [0.1, 0.15) is 5.56 Å². The normalized spacial score (nSPS) is 33.0. The maximum absolute atomic E-state index is 11.8. The minimum Gasteiger partial charge on any atom is -0.394 e. The first kappa shape index (κ1) is 14.4. The quantitative estimate of drug-likeness (QED) is 0.456. The number of hydrogen-bond acceptors (Lipinski definition) is 7. The minimum absolute atomic E-state index is 0.122. The zero-order valence-electron chi connectivity index (χ0n) is 10.5. The van der Waals surface area contributed by atoms with Gasteiger partial charge in [-0.3, -0.25) is 14.3 Å². The molecule has 0 spiro atoms. The first-order valence-corrected chi connectivity index (χ1v) is 5.76. The Balaban J connectivity index is 2.65. The van der Waals surface area contributed by atoms with Crippen LogP contribution >= 0.6 is 0 Å². The van der Waals surface area contributed by atoms with Crippen molar-refractivity contribution in [3.05, 3.63) is 32.6 Å². The SMILES string of the molecule is Cc1cn(C2(C#N)O[C@@H](CO)[C@H](O)[C@@H]2O)c(=O)[nH]c1=O. The van der Waals surface area contributed by atoms with Crippen LogP contribution in [0, 0.1) is 18.3 Å². The zero-order valence-corrected chi connectivity index (χ0v) is 10.5. The zero-order chi connectivity index (χ0) is 15.1. The smallest absolute Gasteiger partial charge is 0.331 e. The number of ether oxygens (including phenoxy) is 1. The molecule has 1 saturated heterocycles. The van der Waals surface area contributed by atoms with Gasteiger partial charge in [0.1, 0.15) is 24.4 Å². The van der Waals surface area contributed by atoms with Crippen molar-refractivity contribution in [3.63, 3.8) is 0 Å². The largest absolute Gasteiger partial charge is 0.394 e. The van der Waals surface area contributed by atoms with Gasteiger partial charge in [0.2, 0.25) is 0 Å². The summed E-state index contributed by atoms with van der Waals surface area (Å²) in [6.45, 7) is 0.764. The van der Waals surface area contributed by atoms with E-state index in [4.69, 9.17) is 9.84 Å². The molecule has 0 bridgehead atoms. The van der Waals surface area contributed by atoms with Crippen LogP contribution in [0.3, 0.4) is 0 Å². The Kier molecular flexibility index (Phi) is 3.49. The molecule has 1 unspecified atom stereocenters. The van der Waals surface area contributed by atoms with Crippen LogP contribution in [0.5, 0.6) is 0 Å². The molecule has 1 aliphatic rings. The molecule has 1 aromatic rings. The Bertz CT molecular complexity index is 674. The van der Waals surface area contributed by atoms with Crippen LogP contribution < -0.4 is 11.2 Å². The number of rotatable bonds is 2. The molecular weight excluding hydrogens is 270 g/mol. The van der Waals surface area contributed by atoms with E-state index in [-0.39, 0.29) is 5.56 Å². The predicted octanol–water partition coefficient (Wildman–Crippen LogP) is -2.87. The molecule has 108 valence electrons. The lowest BCUT2D eigenvalue weighted by atomic mass is 10.0. The van der Waals surface area contributed by atoms with Crippen LogP contribution in [0.4, 0.5) is 0 Å².